The van der Waals surface area contributed by atoms with Crippen LogP contribution in [0.2, 0.25) is 5.15 Å². The molecule has 0 aromatic carbocycles. The molecule has 116 valence electrons. The fourth-order valence-corrected chi connectivity index (χ4v) is 3.63. The summed E-state index contributed by atoms with van der Waals surface area (Å²) < 4.78 is 7.11. The lowest BCUT2D eigenvalue weighted by Crippen LogP contribution is -2.35. The lowest BCUT2D eigenvalue weighted by molar-refractivity contribution is -0.384. The van der Waals surface area contributed by atoms with Crippen LogP contribution < -0.4 is 0 Å². The van der Waals surface area contributed by atoms with Crippen LogP contribution in [-0.4, -0.2) is 51.9 Å². The maximum atomic E-state index is 10.8. The molecule has 1 saturated heterocycles. The lowest BCUT2D eigenvalue weighted by atomic mass is 10.2. The first-order valence-corrected chi connectivity index (χ1v) is 7.74. The number of rotatable bonds is 3. The molecule has 21 heavy (non-hydrogen) atoms. The van der Waals surface area contributed by atoms with Crippen molar-refractivity contribution in [3.63, 3.8) is 0 Å². The van der Waals surface area contributed by atoms with Crippen LogP contribution in [0.15, 0.2) is 6.20 Å². The summed E-state index contributed by atoms with van der Waals surface area (Å²) in [5.41, 5.74) is -0.108. The topological polar surface area (TPSA) is 73.4 Å². The van der Waals surface area contributed by atoms with Crippen LogP contribution >= 0.6 is 11.6 Å². The summed E-state index contributed by atoms with van der Waals surface area (Å²) in [6, 6.07) is 0.649. The average molecular weight is 315 g/mol. The Morgan fingerprint density at radius 2 is 2.14 bits per heavy atom. The van der Waals surface area contributed by atoms with E-state index in [0.717, 1.165) is 52.0 Å². The van der Waals surface area contributed by atoms with Gasteiger partial charge in [0.25, 0.3) is 0 Å². The molecule has 1 aromatic rings. The van der Waals surface area contributed by atoms with E-state index in [2.05, 4.69) is 10.00 Å². The van der Waals surface area contributed by atoms with Gasteiger partial charge in [-0.1, -0.05) is 11.6 Å². The molecule has 2 heterocycles. The van der Waals surface area contributed by atoms with Crippen molar-refractivity contribution in [3.05, 3.63) is 21.5 Å². The normalized spacial score (nSPS) is 27.7. The van der Waals surface area contributed by atoms with Crippen LogP contribution in [0, 0.1) is 10.1 Å². The van der Waals surface area contributed by atoms with E-state index in [4.69, 9.17) is 16.3 Å². The number of nitrogens with zero attached hydrogens (tertiary/aromatic N) is 4. The molecule has 0 N–H and O–H groups in total. The van der Waals surface area contributed by atoms with E-state index < -0.39 is 4.92 Å². The van der Waals surface area contributed by atoms with Gasteiger partial charge in [0.05, 0.1) is 17.6 Å². The summed E-state index contributed by atoms with van der Waals surface area (Å²) in [5.74, 6) is 0. The predicted octanol–water partition coefficient (Wildman–Crippen LogP) is 2.26. The average Bonchev–Trinajstić information content (AvgIpc) is 2.98. The van der Waals surface area contributed by atoms with Gasteiger partial charge >= 0.3 is 5.69 Å². The highest BCUT2D eigenvalue weighted by atomic mass is 35.5. The van der Waals surface area contributed by atoms with Gasteiger partial charge < -0.3 is 4.74 Å². The third-order valence-electron chi connectivity index (χ3n) is 4.41. The molecule has 3 rings (SSSR count). The van der Waals surface area contributed by atoms with Crippen LogP contribution in [0.25, 0.3) is 0 Å². The molecule has 1 aliphatic carbocycles. The zero-order chi connectivity index (χ0) is 14.8. The number of aromatic nitrogens is 2. The Hall–Kier alpha value is -1.18. The van der Waals surface area contributed by atoms with Crippen molar-refractivity contribution < 1.29 is 9.66 Å². The van der Waals surface area contributed by atoms with Crippen molar-refractivity contribution >= 4 is 17.3 Å². The second kappa shape index (κ2) is 6.29. The number of nitro groups is 1. The van der Waals surface area contributed by atoms with Crippen LogP contribution in [0.3, 0.4) is 0 Å². The molecule has 2 aliphatic rings. The number of ether oxygens (including phenoxy) is 1. The minimum atomic E-state index is -0.482. The van der Waals surface area contributed by atoms with E-state index >= 15 is 0 Å². The van der Waals surface area contributed by atoms with Gasteiger partial charge in [-0.3, -0.25) is 15.0 Å². The van der Waals surface area contributed by atoms with Crippen molar-refractivity contribution in [1.82, 2.24) is 14.7 Å². The first kappa shape index (κ1) is 14.7. The Morgan fingerprint density at radius 1 is 1.33 bits per heavy atom. The predicted molar refractivity (Wildman–Crippen MR) is 77.6 cm³/mol. The standard InChI is InChI=1S/C13H19ClN4O3/c14-13-12(18(19)20)9-15-17(13)11-3-2-10(8-11)16-4-1-6-21-7-5-16/h9-11H,1-8H2. The largest absolute Gasteiger partial charge is 0.380 e. The number of hydrogen-bond donors (Lipinski definition) is 0. The zero-order valence-electron chi connectivity index (χ0n) is 11.8. The van der Waals surface area contributed by atoms with Crippen molar-refractivity contribution in [2.45, 2.75) is 37.8 Å². The first-order valence-electron chi connectivity index (χ1n) is 7.36. The maximum Gasteiger partial charge on any atom is 0.325 e. The van der Waals surface area contributed by atoms with E-state index in [0.29, 0.717) is 6.04 Å². The van der Waals surface area contributed by atoms with Crippen molar-refractivity contribution in [2.75, 3.05) is 26.3 Å². The van der Waals surface area contributed by atoms with Gasteiger partial charge in [0.2, 0.25) is 5.15 Å². The van der Waals surface area contributed by atoms with Crippen molar-refractivity contribution in [2.24, 2.45) is 0 Å². The molecule has 0 spiro atoms. The molecule has 1 aromatic heterocycles. The molecular formula is C13H19ClN4O3. The Kier molecular flexibility index (Phi) is 4.42. The molecular weight excluding hydrogens is 296 g/mol. The van der Waals surface area contributed by atoms with Crippen LogP contribution in [-0.2, 0) is 4.74 Å². The molecule has 2 fully saturated rings. The van der Waals surface area contributed by atoms with Crippen LogP contribution in [0.4, 0.5) is 5.69 Å². The monoisotopic (exact) mass is 314 g/mol. The lowest BCUT2D eigenvalue weighted by Gasteiger charge is -2.26. The van der Waals surface area contributed by atoms with Crippen LogP contribution in [0.1, 0.15) is 31.7 Å². The van der Waals surface area contributed by atoms with Gasteiger partial charge in [-0.2, -0.15) is 5.10 Å². The molecule has 8 heteroatoms. The van der Waals surface area contributed by atoms with Gasteiger partial charge in [0, 0.05) is 25.7 Å². The van der Waals surface area contributed by atoms with E-state index in [1.165, 1.54) is 6.20 Å². The molecule has 1 aliphatic heterocycles. The molecule has 1 saturated carbocycles. The summed E-state index contributed by atoms with van der Waals surface area (Å²) in [5, 5.41) is 15.1. The van der Waals surface area contributed by atoms with Crippen LogP contribution in [0.5, 0.6) is 0 Å². The van der Waals surface area contributed by atoms with Gasteiger partial charge in [-0.05, 0) is 25.7 Å². The number of halogens is 1. The minimum Gasteiger partial charge on any atom is -0.380 e. The fraction of sp³-hybridized carbons (Fsp3) is 0.769. The molecule has 0 bridgehead atoms. The molecule has 0 amide bonds. The minimum absolute atomic E-state index is 0.108. The quantitative estimate of drug-likeness (QED) is 0.632. The van der Waals surface area contributed by atoms with E-state index in [1.807, 2.05) is 0 Å². The second-order valence-electron chi connectivity index (χ2n) is 5.64. The van der Waals surface area contributed by atoms with E-state index in [1.54, 1.807) is 4.68 Å². The highest BCUT2D eigenvalue weighted by Crippen LogP contribution is 2.37. The highest BCUT2D eigenvalue weighted by Gasteiger charge is 2.33. The zero-order valence-corrected chi connectivity index (χ0v) is 12.5. The Bertz CT molecular complexity index is 514. The van der Waals surface area contributed by atoms with Crippen molar-refractivity contribution in [1.29, 1.82) is 0 Å². The SMILES string of the molecule is O=[N+]([O-])c1cnn(C2CCC(N3CCCOCC3)C2)c1Cl. The fourth-order valence-electron chi connectivity index (χ4n) is 3.33. The third-order valence-corrected chi connectivity index (χ3v) is 4.78. The van der Waals surface area contributed by atoms with Gasteiger partial charge in [-0.15, -0.1) is 0 Å². The van der Waals surface area contributed by atoms with E-state index in [-0.39, 0.29) is 16.9 Å². The smallest absolute Gasteiger partial charge is 0.325 e. The summed E-state index contributed by atoms with van der Waals surface area (Å²) in [7, 11) is 0. The summed E-state index contributed by atoms with van der Waals surface area (Å²) in [6.07, 6.45) is 5.29. The third kappa shape index (κ3) is 3.04. The summed E-state index contributed by atoms with van der Waals surface area (Å²) in [6.45, 7) is 3.65. The molecule has 7 nitrogen and oxygen atoms in total. The Morgan fingerprint density at radius 3 is 2.90 bits per heavy atom. The van der Waals surface area contributed by atoms with Gasteiger partial charge in [0.1, 0.15) is 6.20 Å². The summed E-state index contributed by atoms with van der Waals surface area (Å²) >= 11 is 6.08. The van der Waals surface area contributed by atoms with Crippen molar-refractivity contribution in [3.8, 4) is 0 Å². The first-order chi connectivity index (χ1) is 10.2. The van der Waals surface area contributed by atoms with E-state index in [9.17, 15) is 10.1 Å². The Balaban J connectivity index is 1.67. The highest BCUT2D eigenvalue weighted by molar-refractivity contribution is 6.31. The van der Waals surface area contributed by atoms with Gasteiger partial charge in [-0.25, -0.2) is 4.68 Å². The van der Waals surface area contributed by atoms with Gasteiger partial charge in [0.15, 0.2) is 0 Å². The molecule has 2 atom stereocenters. The second-order valence-corrected chi connectivity index (χ2v) is 6.00. The molecule has 0 radical (unpaired) electrons. The molecule has 2 unspecified atom stereocenters. The summed E-state index contributed by atoms with van der Waals surface area (Å²) in [4.78, 5) is 12.8. The Labute approximate surface area is 128 Å². The maximum absolute atomic E-state index is 10.8. The number of hydrogen-bond acceptors (Lipinski definition) is 5.